The second-order valence-corrected chi connectivity index (χ2v) is 11.5. The number of anilines is 1. The maximum Gasteiger partial charge on any atom is 0.248 e. The Morgan fingerprint density at radius 3 is 2.48 bits per heavy atom. The van der Waals surface area contributed by atoms with E-state index in [0.29, 0.717) is 18.1 Å². The van der Waals surface area contributed by atoms with Crippen LogP contribution in [0, 0.1) is 12.8 Å². The van der Waals surface area contributed by atoms with Crippen LogP contribution in [0.4, 0.5) is 5.69 Å². The predicted molar refractivity (Wildman–Crippen MR) is 171 cm³/mol. The number of aliphatic hydroxyl groups excluding tert-OH is 1. The van der Waals surface area contributed by atoms with Crippen molar-refractivity contribution in [3.63, 3.8) is 0 Å². The van der Waals surface area contributed by atoms with Crippen molar-refractivity contribution in [2.45, 2.75) is 72.1 Å². The van der Waals surface area contributed by atoms with E-state index in [9.17, 15) is 9.00 Å². The van der Waals surface area contributed by atoms with Crippen molar-refractivity contribution >= 4 is 22.4 Å². The third-order valence-electron chi connectivity index (χ3n) is 6.72. The first-order chi connectivity index (χ1) is 19.4. The van der Waals surface area contributed by atoms with Gasteiger partial charge in [-0.05, 0) is 82.1 Å². The number of carbonyl (C=O) groups is 1. The van der Waals surface area contributed by atoms with E-state index in [1.807, 2.05) is 26.0 Å². The second-order valence-electron chi connectivity index (χ2n) is 9.94. The molecule has 7 heteroatoms. The van der Waals surface area contributed by atoms with Gasteiger partial charge in [-0.15, -0.1) is 0 Å². The summed E-state index contributed by atoms with van der Waals surface area (Å²) < 4.78 is 17.4. The predicted octanol–water partition coefficient (Wildman–Crippen LogP) is 6.45. The molecule has 0 fully saturated rings. The average Bonchev–Trinajstić information content (AvgIpc) is 3.13. The van der Waals surface area contributed by atoms with Gasteiger partial charge in [0.25, 0.3) is 0 Å². The molecule has 1 amide bonds. The molecule has 0 aromatic heterocycles. The van der Waals surface area contributed by atoms with Crippen LogP contribution in [0.3, 0.4) is 0 Å². The van der Waals surface area contributed by atoms with E-state index in [1.54, 1.807) is 12.3 Å². The van der Waals surface area contributed by atoms with E-state index in [-0.39, 0.29) is 0 Å². The van der Waals surface area contributed by atoms with Crippen molar-refractivity contribution in [2.75, 3.05) is 43.7 Å². The largest absolute Gasteiger partial charge is 0.491 e. The lowest BCUT2D eigenvalue weighted by molar-refractivity contribution is 0.1000. The zero-order valence-corrected chi connectivity index (χ0v) is 26.2. The van der Waals surface area contributed by atoms with Crippen LogP contribution in [0.15, 0.2) is 54.6 Å². The summed E-state index contributed by atoms with van der Waals surface area (Å²) in [5, 5.41) is 7.00. The zero-order chi connectivity index (χ0) is 29.8. The molecule has 2 unspecified atom stereocenters. The normalized spacial score (nSPS) is 15.1. The lowest BCUT2D eigenvalue weighted by atomic mass is 9.98. The van der Waals surface area contributed by atoms with Crippen molar-refractivity contribution in [1.82, 2.24) is 0 Å². The van der Waals surface area contributed by atoms with Gasteiger partial charge < -0.3 is 20.5 Å². The number of amides is 1. The molecule has 3 rings (SSSR count). The number of carbonyl (C=O) groups excluding carboxylic acids is 1. The number of hydrogen-bond donors (Lipinski definition) is 2. The molecule has 2 aromatic carbocycles. The molecule has 0 radical (unpaired) electrons. The van der Waals surface area contributed by atoms with E-state index in [1.165, 1.54) is 11.1 Å². The lowest BCUT2D eigenvalue weighted by Crippen LogP contribution is -2.31. The topological polar surface area (TPSA) is 92.9 Å². The van der Waals surface area contributed by atoms with Gasteiger partial charge in [-0.1, -0.05) is 55.8 Å². The molecule has 0 bridgehead atoms. The minimum atomic E-state index is -0.698. The Morgan fingerprint density at radius 2 is 1.80 bits per heavy atom. The molecule has 0 saturated heterocycles. The number of allylic oxidation sites excluding steroid dienone is 2. The molecule has 1 heterocycles. The molecule has 3 N–H and O–H groups in total. The standard InChI is InChI=1S/C30H42N2O3S.C2H6.CH4O/c1-24-12-10-13-25(20-24)14-11-15-26-22-32(18-8-6-4-3-5-7-9-19-36(2)34)28-21-27(30(31)33)16-17-29(28)35-23-26;2*1-2/h3,5,10,12-13,16-17,20-21,26H,4,6-9,11,14-15,18-19,22-23H2,1-2H3,(H2,31,33);1-2H3;2H,1H3/b5-3+;;. The Hall–Kier alpha value is -2.64. The summed E-state index contributed by atoms with van der Waals surface area (Å²) >= 11 is 0. The first-order valence-electron chi connectivity index (χ1n) is 14.7. The smallest absolute Gasteiger partial charge is 0.248 e. The summed E-state index contributed by atoms with van der Waals surface area (Å²) in [5.74, 6) is 1.65. The molecule has 0 spiro atoms. The highest BCUT2D eigenvalue weighted by Crippen LogP contribution is 2.34. The van der Waals surface area contributed by atoms with Crippen LogP contribution in [0.25, 0.3) is 0 Å². The van der Waals surface area contributed by atoms with Gasteiger partial charge in [0.1, 0.15) is 5.75 Å². The van der Waals surface area contributed by atoms with Crippen molar-refractivity contribution in [3.8, 4) is 5.75 Å². The van der Waals surface area contributed by atoms with E-state index in [2.05, 4.69) is 48.2 Å². The van der Waals surface area contributed by atoms with E-state index in [0.717, 1.165) is 88.8 Å². The molecule has 6 nitrogen and oxygen atoms in total. The Kier molecular flexibility index (Phi) is 18.7. The van der Waals surface area contributed by atoms with Crippen LogP contribution in [0.2, 0.25) is 0 Å². The maximum atomic E-state index is 11.8. The minimum Gasteiger partial charge on any atom is -0.491 e. The quantitative estimate of drug-likeness (QED) is 0.200. The number of aliphatic hydroxyl groups is 1. The molecule has 1 aliphatic heterocycles. The van der Waals surface area contributed by atoms with Gasteiger partial charge in [0.05, 0.1) is 12.3 Å². The average molecular weight is 573 g/mol. The van der Waals surface area contributed by atoms with Gasteiger partial charge in [-0.3, -0.25) is 9.00 Å². The number of aryl methyl sites for hydroxylation is 2. The van der Waals surface area contributed by atoms with Gasteiger partial charge in [-0.2, -0.15) is 0 Å². The molecule has 2 atom stereocenters. The Bertz CT molecular complexity index is 1040. The number of ether oxygens (including phenoxy) is 1. The van der Waals surface area contributed by atoms with Gasteiger partial charge >= 0.3 is 0 Å². The summed E-state index contributed by atoms with van der Waals surface area (Å²) in [6.45, 7) is 8.69. The monoisotopic (exact) mass is 572 g/mol. The Balaban J connectivity index is 0.00000191. The first kappa shape index (κ1) is 35.4. The first-order valence-corrected chi connectivity index (χ1v) is 16.4. The molecule has 40 heavy (non-hydrogen) atoms. The van der Waals surface area contributed by atoms with Crippen LogP contribution >= 0.6 is 0 Å². The molecule has 224 valence electrons. The van der Waals surface area contributed by atoms with Crippen LogP contribution in [-0.4, -0.2) is 54.0 Å². The summed E-state index contributed by atoms with van der Waals surface area (Å²) in [6.07, 6.45) is 14.7. The van der Waals surface area contributed by atoms with Crippen LogP contribution in [-0.2, 0) is 17.2 Å². The Morgan fingerprint density at radius 1 is 1.07 bits per heavy atom. The number of nitrogens with zero attached hydrogens (tertiary/aromatic N) is 1. The fraction of sp³-hybridized carbons (Fsp3) is 0.545. The highest BCUT2D eigenvalue weighted by atomic mass is 32.2. The van der Waals surface area contributed by atoms with Gasteiger partial charge in [0.15, 0.2) is 0 Å². The summed E-state index contributed by atoms with van der Waals surface area (Å²) in [7, 11) is 0.302. The fourth-order valence-corrected chi connectivity index (χ4v) is 5.34. The molecule has 2 aromatic rings. The third kappa shape index (κ3) is 13.6. The Labute approximate surface area is 245 Å². The van der Waals surface area contributed by atoms with Gasteiger partial charge in [0.2, 0.25) is 5.91 Å². The number of unbranched alkanes of at least 4 members (excludes halogenated alkanes) is 3. The van der Waals surface area contributed by atoms with Crippen molar-refractivity contribution in [1.29, 1.82) is 0 Å². The van der Waals surface area contributed by atoms with Crippen molar-refractivity contribution in [2.24, 2.45) is 11.7 Å². The number of nitrogens with two attached hydrogens (primary N) is 1. The third-order valence-corrected chi connectivity index (χ3v) is 7.58. The van der Waals surface area contributed by atoms with Crippen molar-refractivity contribution < 1.29 is 18.8 Å². The summed E-state index contributed by atoms with van der Waals surface area (Å²) in [4.78, 5) is 14.2. The molecule has 0 saturated carbocycles. The van der Waals surface area contributed by atoms with Crippen LogP contribution in [0.5, 0.6) is 5.75 Å². The van der Waals surface area contributed by atoms with E-state index in [4.69, 9.17) is 15.6 Å². The van der Waals surface area contributed by atoms with Gasteiger partial charge in [0, 0.05) is 54.5 Å². The second kappa shape index (κ2) is 21.2. The molecular formula is C33H52N2O4S. The summed E-state index contributed by atoms with van der Waals surface area (Å²) in [5.41, 5.74) is 9.78. The minimum absolute atomic E-state index is 0.409. The highest BCUT2D eigenvalue weighted by Gasteiger charge is 2.23. The number of hydrogen-bond acceptors (Lipinski definition) is 5. The van der Waals surface area contributed by atoms with Crippen LogP contribution in [0.1, 0.15) is 80.3 Å². The fourth-order valence-electron chi connectivity index (χ4n) is 4.76. The molecule has 0 aliphatic carbocycles. The zero-order valence-electron chi connectivity index (χ0n) is 25.4. The lowest BCUT2D eigenvalue weighted by Gasteiger charge is -2.27. The van der Waals surface area contributed by atoms with Gasteiger partial charge in [-0.25, -0.2) is 0 Å². The van der Waals surface area contributed by atoms with Crippen LogP contribution < -0.4 is 15.4 Å². The van der Waals surface area contributed by atoms with E-state index >= 15 is 0 Å². The number of benzene rings is 2. The number of primary amides is 1. The highest BCUT2D eigenvalue weighted by molar-refractivity contribution is 7.84. The maximum absolute atomic E-state index is 11.8. The number of rotatable bonds is 14. The van der Waals surface area contributed by atoms with Crippen molar-refractivity contribution in [3.05, 3.63) is 71.3 Å². The SMILES string of the molecule is CC.CO.Cc1cccc(CCCC2COc3ccc(C(N)=O)cc3N(CCCC/C=C/CCCS(C)=O)C2)c1. The van der Waals surface area contributed by atoms with E-state index < -0.39 is 16.7 Å². The molecule has 1 aliphatic rings. The molecular weight excluding hydrogens is 520 g/mol. The summed E-state index contributed by atoms with van der Waals surface area (Å²) in [6, 6.07) is 14.3. The number of fused-ring (bicyclic) bond motifs is 1.